The summed E-state index contributed by atoms with van der Waals surface area (Å²) in [7, 11) is -9.28. The molecule has 0 atom stereocenters. The molecule has 0 saturated carbocycles. The SMILES string of the molecule is O=P(O)(O)O.O=P(O)(O)O.[AlH3]. The van der Waals surface area contributed by atoms with Crippen molar-refractivity contribution in [1.82, 2.24) is 0 Å². The van der Waals surface area contributed by atoms with Crippen molar-refractivity contribution in [1.29, 1.82) is 0 Å². The highest BCUT2D eigenvalue weighted by Crippen LogP contribution is 2.26. The molecule has 0 aromatic carbocycles. The first-order valence-electron chi connectivity index (χ1n) is 1.57. The molecule has 8 nitrogen and oxygen atoms in total. The highest BCUT2D eigenvalue weighted by atomic mass is 31.2. The van der Waals surface area contributed by atoms with Crippen molar-refractivity contribution in [3.63, 3.8) is 0 Å². The van der Waals surface area contributed by atoms with Gasteiger partial charge in [0, 0.05) is 0 Å². The molecule has 0 radical (unpaired) electrons. The lowest BCUT2D eigenvalue weighted by Crippen LogP contribution is -1.66. The first kappa shape index (κ1) is 17.7. The molecule has 0 unspecified atom stereocenters. The van der Waals surface area contributed by atoms with E-state index in [-0.39, 0.29) is 17.4 Å². The highest BCUT2D eigenvalue weighted by Gasteiger charge is 2.00. The molecule has 0 heterocycles. The van der Waals surface area contributed by atoms with E-state index < -0.39 is 15.6 Å². The van der Waals surface area contributed by atoms with Crippen LogP contribution in [0.25, 0.3) is 0 Å². The minimum absolute atomic E-state index is 0. The Kier molecular flexibility index (Phi) is 10.1. The second-order valence-electron chi connectivity index (χ2n) is 1.03. The van der Waals surface area contributed by atoms with Crippen molar-refractivity contribution in [2.45, 2.75) is 0 Å². The Morgan fingerprint density at radius 1 is 0.636 bits per heavy atom. The van der Waals surface area contributed by atoms with Gasteiger partial charge >= 0.3 is 15.6 Å². The van der Waals surface area contributed by atoms with Gasteiger partial charge < -0.3 is 29.4 Å². The molecule has 0 aromatic heterocycles. The molecule has 0 spiro atoms. The van der Waals surface area contributed by atoms with Gasteiger partial charge in [-0.1, -0.05) is 0 Å². The monoisotopic (exact) mass is 226 g/mol. The Labute approximate surface area is 72.1 Å². The van der Waals surface area contributed by atoms with E-state index in [0.29, 0.717) is 0 Å². The van der Waals surface area contributed by atoms with Crippen molar-refractivity contribution in [2.24, 2.45) is 0 Å². The molecule has 0 aliphatic heterocycles. The van der Waals surface area contributed by atoms with Crippen LogP contribution < -0.4 is 0 Å². The zero-order chi connectivity index (χ0) is 9.00. The summed E-state index contributed by atoms with van der Waals surface area (Å²) in [6.07, 6.45) is 0. The van der Waals surface area contributed by atoms with Gasteiger partial charge in [0.05, 0.1) is 0 Å². The van der Waals surface area contributed by atoms with E-state index in [4.69, 9.17) is 38.5 Å². The Bertz CT molecular complexity index is 124. The molecule has 0 bridgehead atoms. The van der Waals surface area contributed by atoms with E-state index in [9.17, 15) is 0 Å². The molecule has 0 fully saturated rings. The van der Waals surface area contributed by atoms with Crippen LogP contribution >= 0.6 is 15.6 Å². The fourth-order valence-electron chi connectivity index (χ4n) is 0. The normalized spacial score (nSPS) is 10.7. The quantitative estimate of drug-likeness (QED) is 0.188. The van der Waals surface area contributed by atoms with Crippen LogP contribution in [-0.2, 0) is 9.13 Å². The van der Waals surface area contributed by atoms with Crippen LogP contribution in [0.1, 0.15) is 0 Å². The predicted molar refractivity (Wildman–Crippen MR) is 38.5 cm³/mol. The van der Waals surface area contributed by atoms with Crippen LogP contribution in [0.2, 0.25) is 0 Å². The van der Waals surface area contributed by atoms with Crippen LogP contribution in [0, 0.1) is 0 Å². The highest BCUT2D eigenvalue weighted by molar-refractivity contribution is 7.45. The maximum Gasteiger partial charge on any atom is 0.466 e. The topological polar surface area (TPSA) is 156 Å². The minimum atomic E-state index is -4.64. The lowest BCUT2D eigenvalue weighted by atomic mass is 15.8. The molecule has 6 N–H and O–H groups in total. The fourth-order valence-corrected chi connectivity index (χ4v) is 0. The average Bonchev–Trinajstić information content (AvgIpc) is 1.12. The summed E-state index contributed by atoms with van der Waals surface area (Å²) in [4.78, 5) is 43.1. The summed E-state index contributed by atoms with van der Waals surface area (Å²) in [5.74, 6) is 0. The number of rotatable bonds is 0. The summed E-state index contributed by atoms with van der Waals surface area (Å²) in [6, 6.07) is 0. The molecule has 11 heavy (non-hydrogen) atoms. The predicted octanol–water partition coefficient (Wildman–Crippen LogP) is -3.04. The van der Waals surface area contributed by atoms with Gasteiger partial charge in [-0.15, -0.1) is 0 Å². The molecule has 0 rings (SSSR count). The van der Waals surface area contributed by atoms with Crippen molar-refractivity contribution in [3.8, 4) is 0 Å². The standard InChI is InChI=1S/Al.2H3O4P.3H/c;2*1-5(2,3)4;;;/h;2*(H3,1,2,3,4);;;. The molecule has 70 valence electrons. The molecule has 0 amide bonds. The smallest absolute Gasteiger partial charge is 0.303 e. The van der Waals surface area contributed by atoms with Crippen molar-refractivity contribution < 1.29 is 38.5 Å². The summed E-state index contributed by atoms with van der Waals surface area (Å²) in [5.41, 5.74) is 0. The third kappa shape index (κ3) is 1450. The van der Waals surface area contributed by atoms with E-state index in [2.05, 4.69) is 0 Å². The van der Waals surface area contributed by atoms with Crippen molar-refractivity contribution >= 4 is 33.0 Å². The molecule has 0 aliphatic carbocycles. The first-order chi connectivity index (χ1) is 4.00. The van der Waals surface area contributed by atoms with Gasteiger partial charge in [-0.25, -0.2) is 9.13 Å². The first-order valence-corrected chi connectivity index (χ1v) is 4.70. The second-order valence-corrected chi connectivity index (χ2v) is 3.08. The molecule has 0 saturated heterocycles. The van der Waals surface area contributed by atoms with Crippen LogP contribution in [0.5, 0.6) is 0 Å². The van der Waals surface area contributed by atoms with Crippen LogP contribution in [-0.4, -0.2) is 46.7 Å². The molecular weight excluding hydrogens is 217 g/mol. The molecule has 0 aromatic rings. The fraction of sp³-hybridized carbons (Fsp3) is 0. The average molecular weight is 226 g/mol. The van der Waals surface area contributed by atoms with Crippen LogP contribution in [0.15, 0.2) is 0 Å². The van der Waals surface area contributed by atoms with Gasteiger partial charge in [-0.05, 0) is 0 Å². The van der Waals surface area contributed by atoms with Gasteiger partial charge in [0.1, 0.15) is 0 Å². The van der Waals surface area contributed by atoms with E-state index in [0.717, 1.165) is 0 Å². The Hall–Kier alpha value is 0.752. The van der Waals surface area contributed by atoms with Gasteiger partial charge in [0.25, 0.3) is 0 Å². The second kappa shape index (κ2) is 6.29. The summed E-state index contributed by atoms with van der Waals surface area (Å²) in [6.45, 7) is 0. The molecule has 11 heteroatoms. The molecule has 0 aliphatic rings. The van der Waals surface area contributed by atoms with Crippen molar-refractivity contribution in [2.75, 3.05) is 0 Å². The number of phosphoric acid groups is 2. The van der Waals surface area contributed by atoms with Crippen LogP contribution in [0.3, 0.4) is 0 Å². The molecular formula is H9AlO8P2. The maximum atomic E-state index is 8.88. The zero-order valence-electron chi connectivity index (χ0n) is 4.39. The maximum absolute atomic E-state index is 8.88. The summed E-state index contributed by atoms with van der Waals surface area (Å²) < 4.78 is 17.8. The zero-order valence-corrected chi connectivity index (χ0v) is 6.18. The Morgan fingerprint density at radius 2 is 0.636 bits per heavy atom. The number of hydrogen-bond donors (Lipinski definition) is 6. The number of hydrogen-bond acceptors (Lipinski definition) is 2. The minimum Gasteiger partial charge on any atom is -0.303 e. The van der Waals surface area contributed by atoms with Gasteiger partial charge in [0.15, 0.2) is 17.4 Å². The van der Waals surface area contributed by atoms with Gasteiger partial charge in [-0.2, -0.15) is 0 Å². The van der Waals surface area contributed by atoms with E-state index in [1.807, 2.05) is 0 Å². The third-order valence-electron chi connectivity index (χ3n) is 0. The van der Waals surface area contributed by atoms with E-state index in [1.54, 1.807) is 0 Å². The summed E-state index contributed by atoms with van der Waals surface area (Å²) >= 11 is 0. The largest absolute Gasteiger partial charge is 0.466 e. The Morgan fingerprint density at radius 3 is 0.636 bits per heavy atom. The third-order valence-corrected chi connectivity index (χ3v) is 0. The van der Waals surface area contributed by atoms with Crippen molar-refractivity contribution in [3.05, 3.63) is 0 Å². The lowest BCUT2D eigenvalue weighted by Gasteiger charge is -1.82. The van der Waals surface area contributed by atoms with E-state index in [1.165, 1.54) is 0 Å². The van der Waals surface area contributed by atoms with Crippen LogP contribution in [0.4, 0.5) is 0 Å². The summed E-state index contributed by atoms with van der Waals surface area (Å²) in [5, 5.41) is 0. The van der Waals surface area contributed by atoms with Gasteiger partial charge in [0.2, 0.25) is 0 Å². The Balaban J connectivity index is -0.000000107. The van der Waals surface area contributed by atoms with Gasteiger partial charge in [-0.3, -0.25) is 0 Å². The lowest BCUT2D eigenvalue weighted by molar-refractivity contribution is 0.272. The van der Waals surface area contributed by atoms with E-state index >= 15 is 0 Å².